The fourth-order valence-corrected chi connectivity index (χ4v) is 2.43. The number of hydrogen-bond acceptors (Lipinski definition) is 2. The first-order valence-electron chi connectivity index (χ1n) is 5.84. The van der Waals surface area contributed by atoms with E-state index in [0.717, 1.165) is 6.42 Å². The highest BCUT2D eigenvalue weighted by atomic mass is 16.2. The summed E-state index contributed by atoms with van der Waals surface area (Å²) in [6.07, 6.45) is 3.54. The molecule has 0 radical (unpaired) electrons. The van der Waals surface area contributed by atoms with E-state index >= 15 is 0 Å². The second-order valence-electron chi connectivity index (χ2n) is 4.38. The van der Waals surface area contributed by atoms with Gasteiger partial charge in [-0.15, -0.1) is 0 Å². The van der Waals surface area contributed by atoms with Crippen LogP contribution in [0.1, 0.15) is 37.7 Å². The summed E-state index contributed by atoms with van der Waals surface area (Å²) >= 11 is 0. The summed E-state index contributed by atoms with van der Waals surface area (Å²) in [4.78, 5) is 10.9. The SMILES string of the molecule is CC(=O)NN[C@H]1CCC[C@@H]1c1ccccc1. The van der Waals surface area contributed by atoms with Crippen LogP contribution in [-0.4, -0.2) is 11.9 Å². The number of hydrazine groups is 1. The van der Waals surface area contributed by atoms with E-state index in [1.807, 2.05) is 6.07 Å². The minimum absolute atomic E-state index is 0.0290. The maximum Gasteiger partial charge on any atom is 0.230 e. The van der Waals surface area contributed by atoms with Gasteiger partial charge in [-0.05, 0) is 18.4 Å². The third-order valence-electron chi connectivity index (χ3n) is 3.18. The summed E-state index contributed by atoms with van der Waals surface area (Å²) in [6, 6.07) is 10.9. The Balaban J connectivity index is 2.01. The van der Waals surface area contributed by atoms with Crippen LogP contribution >= 0.6 is 0 Å². The Morgan fingerprint density at radius 2 is 2.00 bits per heavy atom. The van der Waals surface area contributed by atoms with Gasteiger partial charge >= 0.3 is 0 Å². The molecule has 0 bridgehead atoms. The van der Waals surface area contributed by atoms with E-state index in [2.05, 4.69) is 35.1 Å². The average Bonchev–Trinajstić information content (AvgIpc) is 2.75. The highest BCUT2D eigenvalue weighted by Crippen LogP contribution is 2.34. The van der Waals surface area contributed by atoms with Crippen molar-refractivity contribution >= 4 is 5.91 Å². The van der Waals surface area contributed by atoms with E-state index in [0.29, 0.717) is 12.0 Å². The Morgan fingerprint density at radius 3 is 2.69 bits per heavy atom. The predicted octanol–water partition coefficient (Wildman–Crippen LogP) is 1.96. The molecule has 2 atom stereocenters. The molecule has 86 valence electrons. The van der Waals surface area contributed by atoms with Crippen molar-refractivity contribution in [3.8, 4) is 0 Å². The van der Waals surface area contributed by atoms with E-state index in [4.69, 9.17) is 0 Å². The Hall–Kier alpha value is -1.35. The molecular formula is C13H18N2O. The van der Waals surface area contributed by atoms with Gasteiger partial charge in [0, 0.05) is 18.9 Å². The van der Waals surface area contributed by atoms with Gasteiger partial charge in [0.2, 0.25) is 5.91 Å². The first kappa shape index (κ1) is 11.1. The average molecular weight is 218 g/mol. The molecule has 0 aliphatic heterocycles. The van der Waals surface area contributed by atoms with E-state index in [-0.39, 0.29) is 5.91 Å². The number of carbonyl (C=O) groups excluding carboxylic acids is 1. The van der Waals surface area contributed by atoms with Gasteiger partial charge in [0.1, 0.15) is 0 Å². The summed E-state index contributed by atoms with van der Waals surface area (Å²) < 4.78 is 0. The van der Waals surface area contributed by atoms with Crippen molar-refractivity contribution in [2.24, 2.45) is 0 Å². The minimum Gasteiger partial charge on any atom is -0.292 e. The number of rotatable bonds is 3. The van der Waals surface area contributed by atoms with Crippen molar-refractivity contribution in [3.63, 3.8) is 0 Å². The van der Waals surface area contributed by atoms with Crippen LogP contribution in [0.2, 0.25) is 0 Å². The van der Waals surface area contributed by atoms with Gasteiger partial charge in [0.05, 0.1) is 0 Å². The van der Waals surface area contributed by atoms with Crippen LogP contribution in [0.5, 0.6) is 0 Å². The first-order valence-corrected chi connectivity index (χ1v) is 5.84. The van der Waals surface area contributed by atoms with Crippen molar-refractivity contribution in [1.82, 2.24) is 10.9 Å². The molecule has 0 spiro atoms. The number of benzene rings is 1. The van der Waals surface area contributed by atoms with Crippen molar-refractivity contribution in [2.75, 3.05) is 0 Å². The van der Waals surface area contributed by atoms with Gasteiger partial charge in [-0.1, -0.05) is 36.8 Å². The molecule has 0 aromatic heterocycles. The summed E-state index contributed by atoms with van der Waals surface area (Å²) in [5.74, 6) is 0.492. The molecule has 1 aliphatic carbocycles. The van der Waals surface area contributed by atoms with E-state index in [1.54, 1.807) is 0 Å². The standard InChI is InChI=1S/C13H18N2O/c1-10(16)14-15-13-9-5-8-12(13)11-6-3-2-4-7-11/h2-4,6-7,12-13,15H,5,8-9H2,1H3,(H,14,16)/t12-,13+/m1/s1. The number of nitrogens with one attached hydrogen (secondary N) is 2. The molecule has 1 aromatic carbocycles. The molecule has 2 rings (SSSR count). The zero-order chi connectivity index (χ0) is 11.4. The molecule has 1 fully saturated rings. The van der Waals surface area contributed by atoms with Crippen molar-refractivity contribution in [1.29, 1.82) is 0 Å². The summed E-state index contributed by atoms with van der Waals surface area (Å²) in [5, 5.41) is 0. The lowest BCUT2D eigenvalue weighted by atomic mass is 9.94. The summed E-state index contributed by atoms with van der Waals surface area (Å²) in [5.41, 5.74) is 7.19. The topological polar surface area (TPSA) is 41.1 Å². The Morgan fingerprint density at radius 1 is 1.25 bits per heavy atom. The van der Waals surface area contributed by atoms with E-state index in [9.17, 15) is 4.79 Å². The minimum atomic E-state index is -0.0290. The van der Waals surface area contributed by atoms with E-state index in [1.165, 1.54) is 25.3 Å². The number of hydrogen-bond donors (Lipinski definition) is 2. The van der Waals surface area contributed by atoms with Crippen LogP contribution in [0.3, 0.4) is 0 Å². The zero-order valence-electron chi connectivity index (χ0n) is 9.57. The molecule has 3 nitrogen and oxygen atoms in total. The van der Waals surface area contributed by atoms with Crippen LogP contribution in [0, 0.1) is 0 Å². The monoisotopic (exact) mass is 218 g/mol. The lowest BCUT2D eigenvalue weighted by Crippen LogP contribution is -2.44. The molecular weight excluding hydrogens is 200 g/mol. The molecule has 1 aromatic rings. The zero-order valence-corrected chi connectivity index (χ0v) is 9.57. The van der Waals surface area contributed by atoms with Gasteiger partial charge in [-0.25, -0.2) is 5.43 Å². The normalized spacial score (nSPS) is 24.3. The molecule has 0 saturated heterocycles. The highest BCUT2D eigenvalue weighted by Gasteiger charge is 2.28. The smallest absolute Gasteiger partial charge is 0.230 e. The molecule has 0 unspecified atom stereocenters. The molecule has 1 amide bonds. The van der Waals surface area contributed by atoms with Crippen molar-refractivity contribution in [3.05, 3.63) is 35.9 Å². The third-order valence-corrected chi connectivity index (χ3v) is 3.18. The molecule has 0 heterocycles. The maximum atomic E-state index is 10.9. The summed E-state index contributed by atoms with van der Waals surface area (Å²) in [6.45, 7) is 1.53. The van der Waals surface area contributed by atoms with Crippen LogP contribution in [0.25, 0.3) is 0 Å². The summed E-state index contributed by atoms with van der Waals surface area (Å²) in [7, 11) is 0. The second-order valence-corrected chi connectivity index (χ2v) is 4.38. The van der Waals surface area contributed by atoms with Crippen LogP contribution in [-0.2, 0) is 4.79 Å². The molecule has 2 N–H and O–H groups in total. The first-order chi connectivity index (χ1) is 7.77. The number of carbonyl (C=O) groups is 1. The van der Waals surface area contributed by atoms with Crippen molar-refractivity contribution in [2.45, 2.75) is 38.1 Å². The Bertz CT molecular complexity index is 350. The largest absolute Gasteiger partial charge is 0.292 e. The third kappa shape index (κ3) is 2.61. The van der Waals surface area contributed by atoms with Crippen LogP contribution in [0.4, 0.5) is 0 Å². The molecule has 1 aliphatic rings. The van der Waals surface area contributed by atoms with Crippen molar-refractivity contribution < 1.29 is 4.79 Å². The molecule has 16 heavy (non-hydrogen) atoms. The maximum absolute atomic E-state index is 10.9. The Kier molecular flexibility index (Phi) is 3.57. The lowest BCUT2D eigenvalue weighted by Gasteiger charge is -2.21. The molecule has 1 saturated carbocycles. The lowest BCUT2D eigenvalue weighted by molar-refractivity contribution is -0.120. The van der Waals surface area contributed by atoms with Gasteiger partial charge in [0.25, 0.3) is 0 Å². The highest BCUT2D eigenvalue weighted by molar-refractivity contribution is 5.72. The van der Waals surface area contributed by atoms with Crippen LogP contribution in [0.15, 0.2) is 30.3 Å². The fourth-order valence-electron chi connectivity index (χ4n) is 2.43. The quantitative estimate of drug-likeness (QED) is 0.761. The Labute approximate surface area is 96.2 Å². The van der Waals surface area contributed by atoms with Gasteiger partial charge in [-0.2, -0.15) is 0 Å². The van der Waals surface area contributed by atoms with Gasteiger partial charge < -0.3 is 0 Å². The fraction of sp³-hybridized carbons (Fsp3) is 0.462. The predicted molar refractivity (Wildman–Crippen MR) is 63.8 cm³/mol. The van der Waals surface area contributed by atoms with Gasteiger partial charge in [0.15, 0.2) is 0 Å². The van der Waals surface area contributed by atoms with Crippen LogP contribution < -0.4 is 10.9 Å². The number of amides is 1. The second kappa shape index (κ2) is 5.12. The molecule has 3 heteroatoms. The van der Waals surface area contributed by atoms with Gasteiger partial charge in [-0.3, -0.25) is 10.2 Å². The van der Waals surface area contributed by atoms with E-state index < -0.39 is 0 Å².